The normalized spacial score (nSPS) is 15.5. The zero-order chi connectivity index (χ0) is 9.47. The largest absolute Gasteiger partial charge is 0.416 e. The fourth-order valence-corrected chi connectivity index (χ4v) is 1.16. The highest BCUT2D eigenvalue weighted by atomic mass is 19.4. The van der Waals surface area contributed by atoms with E-state index in [4.69, 9.17) is 0 Å². The molecule has 0 radical (unpaired) electrons. The lowest BCUT2D eigenvalue weighted by atomic mass is 10.1. The molecule has 0 heterocycles. The number of benzene rings is 1. The van der Waals surface area contributed by atoms with E-state index in [0.29, 0.717) is 0 Å². The molecular formula is C10H7F3. The number of rotatable bonds is 1. The highest BCUT2D eigenvalue weighted by Crippen LogP contribution is 2.34. The van der Waals surface area contributed by atoms with Crippen LogP contribution in [0.4, 0.5) is 13.2 Å². The van der Waals surface area contributed by atoms with Gasteiger partial charge in [-0.1, -0.05) is 18.2 Å². The highest BCUT2D eigenvalue weighted by molar-refractivity contribution is 5.77. The van der Waals surface area contributed by atoms with Gasteiger partial charge in [-0.15, -0.1) is 0 Å². The lowest BCUT2D eigenvalue weighted by Crippen LogP contribution is -2.04. The molecule has 0 bridgehead atoms. The Hall–Kier alpha value is -1.25. The van der Waals surface area contributed by atoms with Crippen molar-refractivity contribution in [2.45, 2.75) is 12.6 Å². The Morgan fingerprint density at radius 3 is 1.92 bits per heavy atom. The summed E-state index contributed by atoms with van der Waals surface area (Å²) in [6, 6.07) is 5.27. The van der Waals surface area contributed by atoms with Gasteiger partial charge in [0.2, 0.25) is 0 Å². The van der Waals surface area contributed by atoms with Crippen molar-refractivity contribution >= 4 is 5.57 Å². The first kappa shape index (κ1) is 8.35. The molecule has 0 N–H and O–H groups in total. The minimum absolute atomic E-state index is 0.586. The number of hydrogen-bond acceptors (Lipinski definition) is 0. The third kappa shape index (κ3) is 1.74. The first-order valence-corrected chi connectivity index (χ1v) is 3.94. The quantitative estimate of drug-likeness (QED) is 0.626. The molecule has 3 heteroatoms. The van der Waals surface area contributed by atoms with E-state index in [9.17, 15) is 13.2 Å². The van der Waals surface area contributed by atoms with Gasteiger partial charge >= 0.3 is 6.18 Å². The summed E-state index contributed by atoms with van der Waals surface area (Å²) < 4.78 is 36.4. The SMILES string of the molecule is FC(F)(F)c1ccc(C2=CC2)cc1. The highest BCUT2D eigenvalue weighted by Gasteiger charge is 2.30. The zero-order valence-corrected chi connectivity index (χ0v) is 6.73. The number of halogens is 3. The second kappa shape index (κ2) is 2.62. The molecule has 0 nitrogen and oxygen atoms in total. The Morgan fingerprint density at radius 1 is 1.00 bits per heavy atom. The van der Waals surface area contributed by atoms with Crippen molar-refractivity contribution in [1.29, 1.82) is 0 Å². The summed E-state index contributed by atoms with van der Waals surface area (Å²) in [5.41, 5.74) is 1.44. The molecular weight excluding hydrogens is 177 g/mol. The maximum absolute atomic E-state index is 12.1. The number of alkyl halides is 3. The van der Waals surface area contributed by atoms with Gasteiger partial charge in [-0.3, -0.25) is 0 Å². The summed E-state index contributed by atoms with van der Waals surface area (Å²) in [4.78, 5) is 0. The van der Waals surface area contributed by atoms with E-state index >= 15 is 0 Å². The van der Waals surface area contributed by atoms with Gasteiger partial charge in [0.15, 0.2) is 0 Å². The molecule has 0 aromatic heterocycles. The summed E-state index contributed by atoms with van der Waals surface area (Å²) in [5.74, 6) is 0. The van der Waals surface area contributed by atoms with Crippen LogP contribution in [0, 0.1) is 0 Å². The molecule has 0 amide bonds. The Balaban J connectivity index is 2.28. The summed E-state index contributed by atoms with van der Waals surface area (Å²) in [7, 11) is 0. The third-order valence-electron chi connectivity index (χ3n) is 1.99. The molecule has 0 atom stereocenters. The van der Waals surface area contributed by atoms with Gasteiger partial charge in [-0.2, -0.15) is 13.2 Å². The van der Waals surface area contributed by atoms with Crippen molar-refractivity contribution in [1.82, 2.24) is 0 Å². The lowest BCUT2D eigenvalue weighted by Gasteiger charge is -2.05. The van der Waals surface area contributed by atoms with Gasteiger partial charge < -0.3 is 0 Å². The fraction of sp³-hybridized carbons (Fsp3) is 0.200. The van der Waals surface area contributed by atoms with Crippen LogP contribution in [0.15, 0.2) is 30.3 Å². The molecule has 0 fully saturated rings. The van der Waals surface area contributed by atoms with E-state index in [1.165, 1.54) is 12.1 Å². The first-order chi connectivity index (χ1) is 6.07. The second-order valence-corrected chi connectivity index (χ2v) is 3.01. The van der Waals surface area contributed by atoms with Crippen molar-refractivity contribution in [2.24, 2.45) is 0 Å². The van der Waals surface area contributed by atoms with Gasteiger partial charge in [0.25, 0.3) is 0 Å². The summed E-state index contributed by atoms with van der Waals surface area (Å²) in [6.07, 6.45) is -1.33. The molecule has 68 valence electrons. The lowest BCUT2D eigenvalue weighted by molar-refractivity contribution is -0.137. The van der Waals surface area contributed by atoms with Crippen molar-refractivity contribution in [3.8, 4) is 0 Å². The van der Waals surface area contributed by atoms with Gasteiger partial charge in [-0.05, 0) is 29.7 Å². The monoisotopic (exact) mass is 184 g/mol. The van der Waals surface area contributed by atoms with E-state index in [0.717, 1.165) is 29.7 Å². The maximum atomic E-state index is 12.1. The molecule has 0 saturated heterocycles. The van der Waals surface area contributed by atoms with Crippen LogP contribution in [-0.2, 0) is 6.18 Å². The van der Waals surface area contributed by atoms with Crippen molar-refractivity contribution in [3.05, 3.63) is 41.5 Å². The fourth-order valence-electron chi connectivity index (χ4n) is 1.16. The van der Waals surface area contributed by atoms with E-state index < -0.39 is 11.7 Å². The summed E-state index contributed by atoms with van der Waals surface area (Å²) >= 11 is 0. The van der Waals surface area contributed by atoms with E-state index in [1.54, 1.807) is 0 Å². The molecule has 2 rings (SSSR count). The smallest absolute Gasteiger partial charge is 0.166 e. The molecule has 1 aliphatic carbocycles. The van der Waals surface area contributed by atoms with Crippen LogP contribution in [0.25, 0.3) is 5.57 Å². The standard InChI is InChI=1S/C10H7F3/c11-10(12,13)9-5-3-8(4-6-9)7-1-2-7/h1,3-6H,2H2. The average Bonchev–Trinajstić information content (AvgIpc) is 2.85. The minimum atomic E-state index is -4.23. The summed E-state index contributed by atoms with van der Waals surface area (Å²) in [6.45, 7) is 0. The van der Waals surface area contributed by atoms with E-state index in [-0.39, 0.29) is 0 Å². The molecule has 1 aliphatic rings. The van der Waals surface area contributed by atoms with Crippen LogP contribution >= 0.6 is 0 Å². The van der Waals surface area contributed by atoms with Crippen molar-refractivity contribution in [3.63, 3.8) is 0 Å². The maximum Gasteiger partial charge on any atom is 0.416 e. The number of hydrogen-bond donors (Lipinski definition) is 0. The first-order valence-electron chi connectivity index (χ1n) is 3.94. The molecule has 13 heavy (non-hydrogen) atoms. The van der Waals surface area contributed by atoms with Gasteiger partial charge in [0, 0.05) is 0 Å². The molecule has 0 unspecified atom stereocenters. The Morgan fingerprint density at radius 2 is 1.54 bits per heavy atom. The van der Waals surface area contributed by atoms with Crippen LogP contribution in [0.3, 0.4) is 0 Å². The predicted molar refractivity (Wildman–Crippen MR) is 44.0 cm³/mol. The minimum Gasteiger partial charge on any atom is -0.166 e. The number of allylic oxidation sites excluding steroid dienone is 2. The van der Waals surface area contributed by atoms with Crippen LogP contribution in [0.1, 0.15) is 17.5 Å². The predicted octanol–water partition coefficient (Wildman–Crippen LogP) is 3.49. The Labute approximate surface area is 73.7 Å². The van der Waals surface area contributed by atoms with E-state index in [2.05, 4.69) is 0 Å². The van der Waals surface area contributed by atoms with Gasteiger partial charge in [0.05, 0.1) is 5.56 Å². The van der Waals surface area contributed by atoms with Crippen LogP contribution in [-0.4, -0.2) is 0 Å². The third-order valence-corrected chi connectivity index (χ3v) is 1.99. The Kier molecular flexibility index (Phi) is 1.68. The molecule has 0 aliphatic heterocycles. The summed E-state index contributed by atoms with van der Waals surface area (Å²) in [5, 5.41) is 0. The topological polar surface area (TPSA) is 0 Å². The Bertz CT molecular complexity index is 343. The van der Waals surface area contributed by atoms with Crippen LogP contribution in [0.5, 0.6) is 0 Å². The molecule has 0 saturated carbocycles. The molecule has 1 aromatic carbocycles. The molecule has 1 aromatic rings. The van der Waals surface area contributed by atoms with E-state index in [1.807, 2.05) is 6.08 Å². The second-order valence-electron chi connectivity index (χ2n) is 3.01. The molecule has 0 spiro atoms. The van der Waals surface area contributed by atoms with Gasteiger partial charge in [0.1, 0.15) is 0 Å². The van der Waals surface area contributed by atoms with Crippen LogP contribution in [0.2, 0.25) is 0 Å². The van der Waals surface area contributed by atoms with Gasteiger partial charge in [-0.25, -0.2) is 0 Å². The van der Waals surface area contributed by atoms with Crippen LogP contribution < -0.4 is 0 Å². The van der Waals surface area contributed by atoms with Crippen molar-refractivity contribution < 1.29 is 13.2 Å². The zero-order valence-electron chi connectivity index (χ0n) is 6.73. The van der Waals surface area contributed by atoms with Crippen molar-refractivity contribution in [2.75, 3.05) is 0 Å². The average molecular weight is 184 g/mol.